The van der Waals surface area contributed by atoms with Crippen molar-refractivity contribution in [1.82, 2.24) is 0 Å². The van der Waals surface area contributed by atoms with E-state index in [9.17, 15) is 9.90 Å². The molecular weight excluding hydrogens is 272 g/mol. The lowest BCUT2D eigenvalue weighted by Gasteiger charge is -2.08. The van der Waals surface area contributed by atoms with Crippen LogP contribution in [0.3, 0.4) is 0 Å². The van der Waals surface area contributed by atoms with E-state index in [-0.39, 0.29) is 17.2 Å². The number of hydrogen-bond donors (Lipinski definition) is 3. The van der Waals surface area contributed by atoms with Crippen molar-refractivity contribution in [1.29, 1.82) is 0 Å². The van der Waals surface area contributed by atoms with Gasteiger partial charge in [-0.1, -0.05) is 18.3 Å². The first-order valence-corrected chi connectivity index (χ1v) is 6.39. The number of nitrogens with two attached hydrogens (primary N) is 1. The molecule has 0 bridgehead atoms. The second-order valence-electron chi connectivity index (χ2n) is 4.42. The number of rotatable bonds is 3. The minimum Gasteiger partial charge on any atom is -0.507 e. The van der Waals surface area contributed by atoms with Crippen LogP contribution in [0.5, 0.6) is 5.75 Å². The van der Waals surface area contributed by atoms with Crippen LogP contribution in [-0.2, 0) is 0 Å². The standard InChI is InChI=1S/C15H14N2O2S/c1-9-2-7-12(13(18)8-9)15(19)17-11-5-3-10(4-6-11)14(16)20/h2-8,18H,1H3,(H2,16,20)(H,17,19). The van der Waals surface area contributed by atoms with Gasteiger partial charge in [0.15, 0.2) is 0 Å². The maximum Gasteiger partial charge on any atom is 0.259 e. The number of nitrogens with one attached hydrogen (secondary N) is 1. The van der Waals surface area contributed by atoms with Crippen molar-refractivity contribution in [2.24, 2.45) is 5.73 Å². The fraction of sp³-hybridized carbons (Fsp3) is 0.0667. The fourth-order valence-electron chi connectivity index (χ4n) is 1.75. The predicted octanol–water partition coefficient (Wildman–Crippen LogP) is 2.59. The van der Waals surface area contributed by atoms with E-state index in [4.69, 9.17) is 18.0 Å². The zero-order chi connectivity index (χ0) is 14.7. The number of benzene rings is 2. The van der Waals surface area contributed by atoms with Crippen LogP contribution in [0.2, 0.25) is 0 Å². The average molecular weight is 286 g/mol. The summed E-state index contributed by atoms with van der Waals surface area (Å²) in [6, 6.07) is 11.8. The molecule has 1 amide bonds. The quantitative estimate of drug-likeness (QED) is 0.758. The number of aromatic hydroxyl groups is 1. The van der Waals surface area contributed by atoms with Gasteiger partial charge >= 0.3 is 0 Å². The molecular formula is C15H14N2O2S. The third-order valence-corrected chi connectivity index (χ3v) is 3.06. The van der Waals surface area contributed by atoms with E-state index in [1.54, 1.807) is 42.5 Å². The molecule has 0 aromatic heterocycles. The molecule has 0 saturated carbocycles. The molecule has 20 heavy (non-hydrogen) atoms. The van der Waals surface area contributed by atoms with E-state index in [0.29, 0.717) is 10.7 Å². The maximum absolute atomic E-state index is 12.0. The third kappa shape index (κ3) is 3.13. The predicted molar refractivity (Wildman–Crippen MR) is 83.1 cm³/mol. The van der Waals surface area contributed by atoms with Gasteiger partial charge in [0.2, 0.25) is 0 Å². The zero-order valence-corrected chi connectivity index (χ0v) is 11.7. The third-order valence-electron chi connectivity index (χ3n) is 2.83. The van der Waals surface area contributed by atoms with E-state index >= 15 is 0 Å². The zero-order valence-electron chi connectivity index (χ0n) is 10.9. The number of anilines is 1. The summed E-state index contributed by atoms with van der Waals surface area (Å²) < 4.78 is 0. The molecule has 0 spiro atoms. The Morgan fingerprint density at radius 1 is 1.20 bits per heavy atom. The Bertz CT molecular complexity index is 666. The molecule has 4 nitrogen and oxygen atoms in total. The minimum absolute atomic E-state index is 0.0396. The molecule has 2 aromatic carbocycles. The van der Waals surface area contributed by atoms with E-state index in [2.05, 4.69) is 5.32 Å². The van der Waals surface area contributed by atoms with Gasteiger partial charge in [-0.2, -0.15) is 0 Å². The number of amides is 1. The Morgan fingerprint density at radius 2 is 1.85 bits per heavy atom. The molecule has 5 heteroatoms. The van der Waals surface area contributed by atoms with Gasteiger partial charge in [0.25, 0.3) is 5.91 Å². The molecule has 2 aromatic rings. The molecule has 102 valence electrons. The summed E-state index contributed by atoms with van der Waals surface area (Å²) in [5.41, 5.74) is 7.96. The van der Waals surface area contributed by atoms with Crippen LogP contribution >= 0.6 is 12.2 Å². The van der Waals surface area contributed by atoms with Gasteiger partial charge in [-0.25, -0.2) is 0 Å². The first kappa shape index (κ1) is 14.0. The summed E-state index contributed by atoms with van der Waals surface area (Å²) in [6.07, 6.45) is 0. The minimum atomic E-state index is -0.370. The normalized spacial score (nSPS) is 10.1. The van der Waals surface area contributed by atoms with Gasteiger partial charge in [0.05, 0.1) is 5.56 Å². The smallest absolute Gasteiger partial charge is 0.259 e. The second-order valence-corrected chi connectivity index (χ2v) is 4.86. The lowest BCUT2D eigenvalue weighted by molar-refractivity contribution is 0.102. The van der Waals surface area contributed by atoms with Gasteiger partial charge in [-0.15, -0.1) is 0 Å². The number of aryl methyl sites for hydroxylation is 1. The van der Waals surface area contributed by atoms with Gasteiger partial charge in [-0.3, -0.25) is 4.79 Å². The van der Waals surface area contributed by atoms with Gasteiger partial charge in [-0.05, 0) is 48.9 Å². The van der Waals surface area contributed by atoms with Crippen LogP contribution < -0.4 is 11.1 Å². The van der Waals surface area contributed by atoms with Gasteiger partial charge < -0.3 is 16.2 Å². The number of thiocarbonyl (C=S) groups is 1. The van der Waals surface area contributed by atoms with E-state index in [1.165, 1.54) is 0 Å². The highest BCUT2D eigenvalue weighted by Gasteiger charge is 2.11. The highest BCUT2D eigenvalue weighted by atomic mass is 32.1. The van der Waals surface area contributed by atoms with Crippen molar-refractivity contribution < 1.29 is 9.90 Å². The van der Waals surface area contributed by atoms with Crippen molar-refractivity contribution in [2.45, 2.75) is 6.92 Å². The molecule has 0 radical (unpaired) electrons. The first-order chi connectivity index (χ1) is 9.47. The van der Waals surface area contributed by atoms with Gasteiger partial charge in [0.1, 0.15) is 10.7 Å². The maximum atomic E-state index is 12.0. The molecule has 0 unspecified atom stereocenters. The lowest BCUT2D eigenvalue weighted by atomic mass is 10.1. The van der Waals surface area contributed by atoms with Crippen LogP contribution in [-0.4, -0.2) is 16.0 Å². The summed E-state index contributed by atoms with van der Waals surface area (Å²) in [4.78, 5) is 12.3. The van der Waals surface area contributed by atoms with Crippen molar-refractivity contribution in [2.75, 3.05) is 5.32 Å². The SMILES string of the molecule is Cc1ccc(C(=O)Nc2ccc(C(N)=S)cc2)c(O)c1. The average Bonchev–Trinajstić information content (AvgIpc) is 2.39. The Balaban J connectivity index is 2.17. The number of carbonyl (C=O) groups excluding carboxylic acids is 1. The molecule has 0 saturated heterocycles. The molecule has 0 aliphatic carbocycles. The topological polar surface area (TPSA) is 75.4 Å². The monoisotopic (exact) mass is 286 g/mol. The van der Waals surface area contributed by atoms with Crippen molar-refractivity contribution >= 4 is 28.8 Å². The number of phenolic OH excluding ortho intramolecular Hbond substituents is 1. The summed E-state index contributed by atoms with van der Waals surface area (Å²) in [7, 11) is 0. The molecule has 4 N–H and O–H groups in total. The largest absolute Gasteiger partial charge is 0.507 e. The van der Waals surface area contributed by atoms with Crippen molar-refractivity contribution in [3.63, 3.8) is 0 Å². The summed E-state index contributed by atoms with van der Waals surface area (Å²) in [5.74, 6) is -0.409. The van der Waals surface area contributed by atoms with E-state index in [0.717, 1.165) is 11.1 Å². The Kier molecular flexibility index (Phi) is 4.00. The summed E-state index contributed by atoms with van der Waals surface area (Å²) >= 11 is 4.86. The van der Waals surface area contributed by atoms with Crippen LogP contribution in [0.1, 0.15) is 21.5 Å². The molecule has 0 fully saturated rings. The lowest BCUT2D eigenvalue weighted by Crippen LogP contribution is -2.13. The highest BCUT2D eigenvalue weighted by Crippen LogP contribution is 2.20. The molecule has 0 atom stereocenters. The molecule has 0 aliphatic rings. The van der Waals surface area contributed by atoms with Gasteiger partial charge in [0, 0.05) is 11.3 Å². The first-order valence-electron chi connectivity index (χ1n) is 5.98. The molecule has 0 aliphatic heterocycles. The van der Waals surface area contributed by atoms with Crippen LogP contribution in [0.15, 0.2) is 42.5 Å². The number of phenols is 1. The number of hydrogen-bond acceptors (Lipinski definition) is 3. The second kappa shape index (κ2) is 5.71. The summed E-state index contributed by atoms with van der Waals surface area (Å²) in [5, 5.41) is 12.5. The van der Waals surface area contributed by atoms with E-state index in [1.807, 2.05) is 6.92 Å². The summed E-state index contributed by atoms with van der Waals surface area (Å²) in [6.45, 7) is 1.84. The Labute approximate surface area is 122 Å². The van der Waals surface area contributed by atoms with Crippen LogP contribution in [0, 0.1) is 6.92 Å². The van der Waals surface area contributed by atoms with Crippen molar-refractivity contribution in [3.05, 3.63) is 59.2 Å². The Morgan fingerprint density at radius 3 is 2.40 bits per heavy atom. The van der Waals surface area contributed by atoms with Crippen LogP contribution in [0.25, 0.3) is 0 Å². The number of carbonyl (C=O) groups is 1. The van der Waals surface area contributed by atoms with E-state index < -0.39 is 0 Å². The van der Waals surface area contributed by atoms with Crippen LogP contribution in [0.4, 0.5) is 5.69 Å². The Hall–Kier alpha value is -2.40. The van der Waals surface area contributed by atoms with Crippen molar-refractivity contribution in [3.8, 4) is 5.75 Å². The molecule has 0 heterocycles. The molecule has 2 rings (SSSR count). The fourth-order valence-corrected chi connectivity index (χ4v) is 1.89. The highest BCUT2D eigenvalue weighted by molar-refractivity contribution is 7.80.